The van der Waals surface area contributed by atoms with E-state index in [2.05, 4.69) is 5.32 Å². The van der Waals surface area contributed by atoms with Gasteiger partial charge in [0.25, 0.3) is 10.0 Å². The average molecular weight is 577 g/mol. The summed E-state index contributed by atoms with van der Waals surface area (Å²) in [5.74, 6) is -0.530. The molecule has 0 saturated carbocycles. The molecule has 2 atom stereocenters. The zero-order valence-electron chi connectivity index (χ0n) is 21.6. The van der Waals surface area contributed by atoms with Crippen molar-refractivity contribution in [2.75, 3.05) is 10.8 Å². The fraction of sp³-hybridized carbons (Fsp3) is 0.357. The van der Waals surface area contributed by atoms with Gasteiger partial charge in [-0.25, -0.2) is 8.42 Å². The van der Waals surface area contributed by atoms with Gasteiger partial charge in [-0.15, -0.1) is 0 Å². The van der Waals surface area contributed by atoms with Crippen molar-refractivity contribution in [1.82, 2.24) is 10.2 Å². The van der Waals surface area contributed by atoms with E-state index in [4.69, 9.17) is 23.2 Å². The van der Waals surface area contributed by atoms with Gasteiger partial charge < -0.3 is 10.2 Å². The number of hydrogen-bond acceptors (Lipinski definition) is 4. The number of rotatable bonds is 10. The number of carbonyl (C=O) groups excluding carboxylic acids is 2. The highest BCUT2D eigenvalue weighted by atomic mass is 35.5. The van der Waals surface area contributed by atoms with E-state index in [0.29, 0.717) is 26.7 Å². The fourth-order valence-electron chi connectivity index (χ4n) is 4.60. The smallest absolute Gasteiger partial charge is 0.265 e. The Kier molecular flexibility index (Phi) is 8.55. The number of carbonyl (C=O) groups is 2. The highest BCUT2D eigenvalue weighted by Gasteiger charge is 2.35. The minimum Gasteiger partial charge on any atom is -0.352 e. The van der Waals surface area contributed by atoms with Gasteiger partial charge >= 0.3 is 0 Å². The summed E-state index contributed by atoms with van der Waals surface area (Å²) in [5, 5.41) is 5.37. The zero-order chi connectivity index (χ0) is 27.6. The van der Waals surface area contributed by atoms with Gasteiger partial charge in [-0.3, -0.25) is 13.9 Å². The van der Waals surface area contributed by atoms with Gasteiger partial charge in [0.2, 0.25) is 11.8 Å². The lowest BCUT2D eigenvalue weighted by Gasteiger charge is -2.30. The highest BCUT2D eigenvalue weighted by Crippen LogP contribution is 2.42. The molecule has 3 aromatic rings. The van der Waals surface area contributed by atoms with E-state index in [1.165, 1.54) is 9.21 Å². The summed E-state index contributed by atoms with van der Waals surface area (Å²) in [7, 11) is -3.71. The van der Waals surface area contributed by atoms with Crippen molar-refractivity contribution in [3.05, 3.63) is 70.2 Å². The number of benzene rings is 3. The van der Waals surface area contributed by atoms with Crippen LogP contribution in [0.25, 0.3) is 10.8 Å². The summed E-state index contributed by atoms with van der Waals surface area (Å²) in [6.45, 7) is 5.82. The Morgan fingerprint density at radius 1 is 1.05 bits per heavy atom. The van der Waals surface area contributed by atoms with Crippen LogP contribution in [-0.2, 0) is 26.2 Å². The monoisotopic (exact) mass is 575 g/mol. The molecule has 1 aliphatic heterocycles. The van der Waals surface area contributed by atoms with Gasteiger partial charge in [0, 0.05) is 41.0 Å². The largest absolute Gasteiger partial charge is 0.352 e. The molecule has 0 fully saturated rings. The van der Waals surface area contributed by atoms with Crippen molar-refractivity contribution in [3.8, 4) is 0 Å². The molecule has 0 aromatic heterocycles. The molecule has 0 bridgehead atoms. The van der Waals surface area contributed by atoms with Gasteiger partial charge in [-0.1, -0.05) is 60.5 Å². The first-order valence-electron chi connectivity index (χ1n) is 12.6. The Labute approximate surface area is 233 Å². The topological polar surface area (TPSA) is 86.8 Å². The van der Waals surface area contributed by atoms with E-state index < -0.39 is 16.1 Å². The lowest BCUT2D eigenvalue weighted by molar-refractivity contribution is -0.140. The van der Waals surface area contributed by atoms with Crippen molar-refractivity contribution in [2.24, 2.45) is 0 Å². The Morgan fingerprint density at radius 3 is 2.45 bits per heavy atom. The van der Waals surface area contributed by atoms with Crippen LogP contribution >= 0.6 is 23.2 Å². The molecule has 1 heterocycles. The lowest BCUT2D eigenvalue weighted by Crippen LogP contribution is -2.49. The molecule has 3 aromatic carbocycles. The van der Waals surface area contributed by atoms with E-state index in [0.717, 1.165) is 11.8 Å². The molecule has 38 heavy (non-hydrogen) atoms. The first-order chi connectivity index (χ1) is 18.0. The molecule has 4 rings (SSSR count). The number of sulfonamides is 1. The maximum absolute atomic E-state index is 13.5. The predicted octanol–water partition coefficient (Wildman–Crippen LogP) is 5.77. The SMILES string of the molecule is CC[C@H](C)NC(=O)[C@H](C)N(Cc1ccc(Cl)cc1Cl)C(=O)CCCN1c2cccc3cccc(c23)S1(=O)=O. The highest BCUT2D eigenvalue weighted by molar-refractivity contribution is 7.93. The summed E-state index contributed by atoms with van der Waals surface area (Å²) < 4.78 is 27.9. The van der Waals surface area contributed by atoms with Crippen molar-refractivity contribution >= 4 is 61.5 Å². The quantitative estimate of drug-likeness (QED) is 0.332. The van der Waals surface area contributed by atoms with Crippen LogP contribution in [0.1, 0.15) is 45.6 Å². The second kappa shape index (κ2) is 11.5. The van der Waals surface area contributed by atoms with Crippen LogP contribution in [0.2, 0.25) is 10.0 Å². The van der Waals surface area contributed by atoms with E-state index >= 15 is 0 Å². The van der Waals surface area contributed by atoms with Crippen molar-refractivity contribution < 1.29 is 18.0 Å². The molecular weight excluding hydrogens is 545 g/mol. The summed E-state index contributed by atoms with van der Waals surface area (Å²) >= 11 is 12.4. The summed E-state index contributed by atoms with van der Waals surface area (Å²) in [6, 6.07) is 15.0. The molecule has 0 aliphatic carbocycles. The van der Waals surface area contributed by atoms with Crippen molar-refractivity contribution in [1.29, 1.82) is 0 Å². The van der Waals surface area contributed by atoms with Crippen LogP contribution in [0.4, 0.5) is 5.69 Å². The molecule has 1 aliphatic rings. The number of nitrogens with zero attached hydrogens (tertiary/aromatic N) is 2. The van der Waals surface area contributed by atoms with Crippen LogP contribution in [0.3, 0.4) is 0 Å². The van der Waals surface area contributed by atoms with Gasteiger partial charge in [-0.2, -0.15) is 0 Å². The van der Waals surface area contributed by atoms with Crippen LogP contribution in [0.5, 0.6) is 0 Å². The lowest BCUT2D eigenvalue weighted by atomic mass is 10.1. The predicted molar refractivity (Wildman–Crippen MR) is 152 cm³/mol. The molecule has 0 radical (unpaired) electrons. The van der Waals surface area contributed by atoms with Gasteiger partial charge in [-0.05, 0) is 61.9 Å². The molecule has 0 spiro atoms. The van der Waals surface area contributed by atoms with Gasteiger partial charge in [0.05, 0.1) is 10.6 Å². The van der Waals surface area contributed by atoms with Crippen LogP contribution in [0, 0.1) is 0 Å². The Morgan fingerprint density at radius 2 is 1.76 bits per heavy atom. The molecular formula is C28H31Cl2N3O4S. The van der Waals surface area contributed by atoms with Crippen molar-refractivity contribution in [2.45, 2.75) is 63.6 Å². The number of nitrogens with one attached hydrogen (secondary N) is 1. The third kappa shape index (κ3) is 5.63. The second-order valence-electron chi connectivity index (χ2n) is 9.56. The minimum absolute atomic E-state index is 0.0364. The van der Waals surface area contributed by atoms with Crippen molar-refractivity contribution in [3.63, 3.8) is 0 Å². The fourth-order valence-corrected chi connectivity index (χ4v) is 6.82. The molecule has 1 N–H and O–H groups in total. The number of halogens is 2. The first kappa shape index (κ1) is 28.2. The molecule has 202 valence electrons. The van der Waals surface area contributed by atoms with Gasteiger partial charge in [0.15, 0.2) is 0 Å². The van der Waals surface area contributed by atoms with E-state index in [1.807, 2.05) is 32.0 Å². The zero-order valence-corrected chi connectivity index (χ0v) is 23.9. The Balaban J connectivity index is 1.51. The number of amides is 2. The second-order valence-corrected chi connectivity index (χ2v) is 12.2. The van der Waals surface area contributed by atoms with E-state index in [9.17, 15) is 18.0 Å². The minimum atomic E-state index is -3.71. The summed E-state index contributed by atoms with van der Waals surface area (Å²) in [4.78, 5) is 28.2. The van der Waals surface area contributed by atoms with Crippen LogP contribution in [0.15, 0.2) is 59.5 Å². The molecule has 0 unspecified atom stereocenters. The summed E-state index contributed by atoms with van der Waals surface area (Å²) in [5.41, 5.74) is 1.29. The molecule has 7 nitrogen and oxygen atoms in total. The molecule has 2 amide bonds. The Hall–Kier alpha value is -2.81. The maximum Gasteiger partial charge on any atom is 0.265 e. The van der Waals surface area contributed by atoms with E-state index in [1.54, 1.807) is 43.3 Å². The molecule has 10 heteroatoms. The van der Waals surface area contributed by atoms with Crippen LogP contribution < -0.4 is 9.62 Å². The third-order valence-corrected chi connectivity index (χ3v) is 9.40. The third-order valence-electron chi connectivity index (χ3n) is 6.96. The maximum atomic E-state index is 13.5. The van der Waals surface area contributed by atoms with Gasteiger partial charge in [0.1, 0.15) is 6.04 Å². The molecule has 0 saturated heterocycles. The number of anilines is 1. The number of hydrogen-bond donors (Lipinski definition) is 1. The average Bonchev–Trinajstić information content (AvgIpc) is 3.10. The normalized spacial score (nSPS) is 15.3. The van der Waals surface area contributed by atoms with Crippen LogP contribution in [-0.4, -0.2) is 43.8 Å². The Bertz CT molecular complexity index is 1470. The van der Waals surface area contributed by atoms with E-state index in [-0.39, 0.29) is 48.7 Å². The standard InChI is InChI=1S/C28H31Cl2N3O4S/c1-4-18(2)31-28(35)19(3)32(17-21-13-14-22(29)16-23(21)30)26(34)12-7-15-33-24-10-5-8-20-9-6-11-25(27(20)24)38(33,36)37/h5-6,8-11,13-14,16,18-19H,4,7,12,15,17H2,1-3H3,(H,31,35)/t18-,19-/m0/s1. The first-order valence-corrected chi connectivity index (χ1v) is 14.8. The summed E-state index contributed by atoms with van der Waals surface area (Å²) in [6.07, 6.45) is 1.10.